The molecular weight excluding hydrogens is 250 g/mol. The van der Waals surface area contributed by atoms with E-state index in [-0.39, 0.29) is 0 Å². The second-order valence-electron chi connectivity index (χ2n) is 5.66. The number of hydrogen-bond acceptors (Lipinski definition) is 4. The van der Waals surface area contributed by atoms with Gasteiger partial charge in [0.15, 0.2) is 0 Å². The molecule has 4 heteroatoms. The lowest BCUT2D eigenvalue weighted by atomic mass is 10.1. The first-order chi connectivity index (χ1) is 9.85. The molecule has 106 valence electrons. The van der Waals surface area contributed by atoms with E-state index in [0.29, 0.717) is 6.10 Å². The number of rotatable bonds is 5. The zero-order chi connectivity index (χ0) is 13.8. The summed E-state index contributed by atoms with van der Waals surface area (Å²) in [5.41, 5.74) is 1.87. The minimum absolute atomic E-state index is 0.295. The van der Waals surface area contributed by atoms with Crippen molar-refractivity contribution in [3.8, 4) is 6.07 Å². The third-order valence-corrected chi connectivity index (χ3v) is 3.99. The van der Waals surface area contributed by atoms with Gasteiger partial charge in [-0.1, -0.05) is 12.1 Å². The van der Waals surface area contributed by atoms with Crippen LogP contribution in [0.1, 0.15) is 24.0 Å². The van der Waals surface area contributed by atoms with Crippen LogP contribution in [0.4, 0.5) is 0 Å². The van der Waals surface area contributed by atoms with Crippen LogP contribution in [0.5, 0.6) is 0 Å². The monoisotopic (exact) mass is 271 g/mol. The van der Waals surface area contributed by atoms with Crippen molar-refractivity contribution in [3.63, 3.8) is 0 Å². The highest BCUT2D eigenvalue weighted by Gasteiger charge is 2.32. The number of morpholine rings is 1. The Hall–Kier alpha value is -1.41. The molecule has 1 heterocycles. The molecule has 1 atom stereocenters. The van der Waals surface area contributed by atoms with Gasteiger partial charge in [0, 0.05) is 32.2 Å². The topological polar surface area (TPSA) is 48.3 Å². The van der Waals surface area contributed by atoms with E-state index in [4.69, 9.17) is 10.00 Å². The summed E-state index contributed by atoms with van der Waals surface area (Å²) in [5, 5.41) is 12.3. The summed E-state index contributed by atoms with van der Waals surface area (Å²) in [7, 11) is 0. The lowest BCUT2D eigenvalue weighted by molar-refractivity contribution is -0.0301. The first-order valence-corrected chi connectivity index (χ1v) is 7.40. The molecular formula is C16H21N3O. The Balaban J connectivity index is 1.43. The Morgan fingerprint density at radius 3 is 3.10 bits per heavy atom. The molecule has 0 bridgehead atoms. The zero-order valence-electron chi connectivity index (χ0n) is 11.7. The fourth-order valence-electron chi connectivity index (χ4n) is 2.77. The number of ether oxygens (including phenoxy) is 1. The van der Waals surface area contributed by atoms with Crippen LogP contribution in [-0.2, 0) is 11.3 Å². The first kappa shape index (κ1) is 13.6. The lowest BCUT2D eigenvalue weighted by Gasteiger charge is -2.33. The van der Waals surface area contributed by atoms with Crippen LogP contribution in [-0.4, -0.2) is 43.3 Å². The number of hydrogen-bond donors (Lipinski definition) is 1. The van der Waals surface area contributed by atoms with Gasteiger partial charge in [-0.15, -0.1) is 0 Å². The molecule has 0 aromatic heterocycles. The van der Waals surface area contributed by atoms with Gasteiger partial charge in [0.2, 0.25) is 0 Å². The molecule has 0 amide bonds. The van der Waals surface area contributed by atoms with Crippen molar-refractivity contribution in [3.05, 3.63) is 35.4 Å². The van der Waals surface area contributed by atoms with Gasteiger partial charge in [-0.3, -0.25) is 4.90 Å². The maximum atomic E-state index is 8.88. The molecule has 4 nitrogen and oxygen atoms in total. The third-order valence-electron chi connectivity index (χ3n) is 3.99. The molecule has 2 fully saturated rings. The number of benzene rings is 1. The summed E-state index contributed by atoms with van der Waals surface area (Å²) in [6, 6.07) is 10.8. The molecule has 2 aliphatic rings. The Labute approximate surface area is 120 Å². The van der Waals surface area contributed by atoms with Crippen LogP contribution in [0.25, 0.3) is 0 Å². The Bertz CT molecular complexity index is 493. The van der Waals surface area contributed by atoms with Crippen LogP contribution in [0.15, 0.2) is 24.3 Å². The van der Waals surface area contributed by atoms with E-state index < -0.39 is 0 Å². The molecule has 3 rings (SSSR count). The second kappa shape index (κ2) is 6.36. The minimum atomic E-state index is 0.295. The summed E-state index contributed by atoms with van der Waals surface area (Å²) in [6.45, 7) is 4.66. The van der Waals surface area contributed by atoms with E-state index in [0.717, 1.165) is 50.0 Å². The highest BCUT2D eigenvalue weighted by atomic mass is 16.5. The standard InChI is InChI=1S/C16H21N3O/c17-9-13-2-1-3-14(8-13)10-18-11-16-12-19(6-7-20-16)15-4-5-15/h1-3,8,15-16,18H,4-7,10-12H2. The van der Waals surface area contributed by atoms with E-state index >= 15 is 0 Å². The Kier molecular flexibility index (Phi) is 4.31. The second-order valence-corrected chi connectivity index (χ2v) is 5.66. The Morgan fingerprint density at radius 2 is 2.30 bits per heavy atom. The molecule has 0 radical (unpaired) electrons. The highest BCUT2D eigenvalue weighted by molar-refractivity contribution is 5.32. The number of nitriles is 1. The maximum Gasteiger partial charge on any atom is 0.0991 e. The predicted molar refractivity (Wildman–Crippen MR) is 77.2 cm³/mol. The fourth-order valence-corrected chi connectivity index (χ4v) is 2.77. The normalized spacial score (nSPS) is 23.4. The van der Waals surface area contributed by atoms with E-state index in [1.165, 1.54) is 12.8 Å². The fraction of sp³-hybridized carbons (Fsp3) is 0.562. The smallest absolute Gasteiger partial charge is 0.0991 e. The lowest BCUT2D eigenvalue weighted by Crippen LogP contribution is -2.47. The molecule has 1 aromatic rings. The molecule has 1 aliphatic carbocycles. The summed E-state index contributed by atoms with van der Waals surface area (Å²) < 4.78 is 5.81. The molecule has 0 spiro atoms. The summed E-state index contributed by atoms with van der Waals surface area (Å²) >= 11 is 0. The average molecular weight is 271 g/mol. The van der Waals surface area contributed by atoms with Crippen molar-refractivity contribution in [2.45, 2.75) is 31.5 Å². The third kappa shape index (κ3) is 3.57. The van der Waals surface area contributed by atoms with Crippen molar-refractivity contribution in [1.82, 2.24) is 10.2 Å². The SMILES string of the molecule is N#Cc1cccc(CNCC2CN(C3CC3)CCO2)c1. The largest absolute Gasteiger partial charge is 0.374 e. The molecule has 1 N–H and O–H groups in total. The van der Waals surface area contributed by atoms with Gasteiger partial charge in [-0.2, -0.15) is 5.26 Å². The summed E-state index contributed by atoms with van der Waals surface area (Å²) in [6.07, 6.45) is 3.02. The van der Waals surface area contributed by atoms with Gasteiger partial charge in [0.25, 0.3) is 0 Å². The van der Waals surface area contributed by atoms with Gasteiger partial charge < -0.3 is 10.1 Å². The number of nitrogens with one attached hydrogen (secondary N) is 1. The molecule has 20 heavy (non-hydrogen) atoms. The van der Waals surface area contributed by atoms with Gasteiger partial charge in [-0.25, -0.2) is 0 Å². The van der Waals surface area contributed by atoms with E-state index in [2.05, 4.69) is 16.3 Å². The highest BCUT2D eigenvalue weighted by Crippen LogP contribution is 2.28. The van der Waals surface area contributed by atoms with E-state index in [1.807, 2.05) is 24.3 Å². The molecule has 1 unspecified atom stereocenters. The molecule has 1 aliphatic heterocycles. The summed E-state index contributed by atoms with van der Waals surface area (Å²) in [5.74, 6) is 0. The predicted octanol–water partition coefficient (Wildman–Crippen LogP) is 1.51. The molecule has 1 saturated carbocycles. The van der Waals surface area contributed by atoms with E-state index in [9.17, 15) is 0 Å². The van der Waals surface area contributed by atoms with Gasteiger partial charge in [-0.05, 0) is 30.5 Å². The quantitative estimate of drug-likeness (QED) is 0.882. The van der Waals surface area contributed by atoms with E-state index in [1.54, 1.807) is 0 Å². The van der Waals surface area contributed by atoms with Crippen LogP contribution in [0.2, 0.25) is 0 Å². The number of nitrogens with zero attached hydrogens (tertiary/aromatic N) is 2. The minimum Gasteiger partial charge on any atom is -0.374 e. The summed E-state index contributed by atoms with van der Waals surface area (Å²) in [4.78, 5) is 2.56. The van der Waals surface area contributed by atoms with Crippen LogP contribution in [0, 0.1) is 11.3 Å². The van der Waals surface area contributed by atoms with Crippen LogP contribution in [0.3, 0.4) is 0 Å². The van der Waals surface area contributed by atoms with Crippen LogP contribution < -0.4 is 5.32 Å². The van der Waals surface area contributed by atoms with Crippen molar-refractivity contribution >= 4 is 0 Å². The van der Waals surface area contributed by atoms with Crippen LogP contribution >= 0.6 is 0 Å². The average Bonchev–Trinajstić information content (AvgIpc) is 3.33. The van der Waals surface area contributed by atoms with Crippen molar-refractivity contribution < 1.29 is 4.74 Å². The van der Waals surface area contributed by atoms with Crippen molar-refractivity contribution in [2.75, 3.05) is 26.2 Å². The molecule has 1 aromatic carbocycles. The maximum absolute atomic E-state index is 8.88. The molecule has 1 saturated heterocycles. The Morgan fingerprint density at radius 1 is 1.40 bits per heavy atom. The van der Waals surface area contributed by atoms with Gasteiger partial charge in [0.05, 0.1) is 24.3 Å². The van der Waals surface area contributed by atoms with Gasteiger partial charge >= 0.3 is 0 Å². The van der Waals surface area contributed by atoms with Gasteiger partial charge in [0.1, 0.15) is 0 Å². The van der Waals surface area contributed by atoms with Crippen molar-refractivity contribution in [2.24, 2.45) is 0 Å². The van der Waals surface area contributed by atoms with Crippen molar-refractivity contribution in [1.29, 1.82) is 5.26 Å². The zero-order valence-corrected chi connectivity index (χ0v) is 11.7. The first-order valence-electron chi connectivity index (χ1n) is 7.40.